The lowest BCUT2D eigenvalue weighted by atomic mass is 9.27. The Hall–Kier alpha value is -3.17. The average Bonchev–Trinajstić information content (AvgIpc) is 3.80. The number of carboxylic acids is 1. The van der Waals surface area contributed by atoms with Crippen LogP contribution in [0.5, 0.6) is 5.75 Å². The second-order valence-corrected chi connectivity index (χ2v) is 23.0. The van der Waals surface area contributed by atoms with Crippen molar-refractivity contribution in [3.8, 4) is 5.75 Å². The van der Waals surface area contributed by atoms with E-state index in [-0.39, 0.29) is 62.5 Å². The lowest BCUT2D eigenvalue weighted by Crippen LogP contribution is -2.72. The van der Waals surface area contributed by atoms with Gasteiger partial charge in [-0.3, -0.25) is 19.2 Å². The van der Waals surface area contributed by atoms with Crippen LogP contribution in [0.15, 0.2) is 41.5 Å². The third kappa shape index (κ3) is 5.92. The summed E-state index contributed by atoms with van der Waals surface area (Å²) in [6, 6.07) is 5.17. The Morgan fingerprint density at radius 1 is 0.918 bits per heavy atom. The number of esters is 1. The fourth-order valence-corrected chi connectivity index (χ4v) is 16.0. The Morgan fingerprint density at radius 3 is 2.33 bits per heavy atom. The van der Waals surface area contributed by atoms with Crippen LogP contribution in [0, 0.1) is 67.5 Å². The summed E-state index contributed by atoms with van der Waals surface area (Å²) < 4.78 is 18.2. The maximum atomic E-state index is 14.2. The highest BCUT2D eigenvalue weighted by Gasteiger charge is 2.76. The number of allylic oxidation sites excluding steroid dienone is 3. The molecule has 61 heavy (non-hydrogen) atoms. The van der Waals surface area contributed by atoms with Gasteiger partial charge in [-0.2, -0.15) is 0 Å². The van der Waals surface area contributed by atoms with E-state index in [1.165, 1.54) is 5.57 Å². The zero-order valence-corrected chi connectivity index (χ0v) is 38.5. The first-order valence-electron chi connectivity index (χ1n) is 23.4. The second-order valence-electron chi connectivity index (χ2n) is 22.6. The second kappa shape index (κ2) is 14.4. The summed E-state index contributed by atoms with van der Waals surface area (Å²) in [6.07, 6.45) is 14.8. The van der Waals surface area contributed by atoms with Gasteiger partial charge in [0, 0.05) is 40.7 Å². The van der Waals surface area contributed by atoms with Crippen molar-refractivity contribution >= 4 is 35.2 Å². The Bertz CT molecular complexity index is 2100. The number of rotatable bonds is 10. The summed E-state index contributed by atoms with van der Waals surface area (Å²) in [6.45, 7) is 19.8. The van der Waals surface area contributed by atoms with Crippen LogP contribution in [0.25, 0.3) is 0 Å². The SMILES string of the molecule is CC(C)C1=C2[C@H]3CC[C@@H]4[C@@]5(C)CC[C@H](OC(=O)[C@H]6C[C@@H](C(=O)O)C6(C)C)[C@@]6(C)C=C[C@]65CC[C@@]4(C)[C@]3(C)CC[C@@]2(CCNC(=O)c2ccc(Cl)cc2O[C@@H]2CCOC2)CC1=O. The van der Waals surface area contributed by atoms with Gasteiger partial charge in [0.05, 0.1) is 30.6 Å². The van der Waals surface area contributed by atoms with E-state index in [4.69, 9.17) is 25.8 Å². The maximum Gasteiger partial charge on any atom is 0.309 e. The number of carboxylic acid groups (broad SMARTS) is 1. The van der Waals surface area contributed by atoms with Gasteiger partial charge in [0.25, 0.3) is 5.91 Å². The molecule has 8 aliphatic rings. The van der Waals surface area contributed by atoms with Crippen LogP contribution in [0.1, 0.15) is 143 Å². The molecule has 1 amide bonds. The maximum absolute atomic E-state index is 14.2. The molecule has 1 spiro atoms. The minimum atomic E-state index is -0.835. The highest BCUT2D eigenvalue weighted by molar-refractivity contribution is 6.30. The number of aliphatic carboxylic acids is 1. The molecule has 1 aromatic rings. The Kier molecular flexibility index (Phi) is 10.2. The Morgan fingerprint density at radius 2 is 1.67 bits per heavy atom. The minimum absolute atomic E-state index is 0.00343. The fraction of sp³-hybridized carbons (Fsp3) is 0.725. The third-order valence-corrected chi connectivity index (χ3v) is 20.0. The molecule has 0 radical (unpaired) electrons. The summed E-state index contributed by atoms with van der Waals surface area (Å²) in [5, 5.41) is 13.5. The van der Waals surface area contributed by atoms with E-state index in [1.54, 1.807) is 18.2 Å². The predicted octanol–water partition coefficient (Wildman–Crippen LogP) is 10.2. The number of fused-ring (bicyclic) bond motifs is 6. The molecule has 9 rings (SSSR count). The number of ketones is 1. The number of ether oxygens (including phenoxy) is 3. The molecule has 10 heteroatoms. The number of hydrogen-bond donors (Lipinski definition) is 2. The molecule has 1 saturated heterocycles. The van der Waals surface area contributed by atoms with Gasteiger partial charge in [0.15, 0.2) is 5.78 Å². The molecule has 1 heterocycles. The van der Waals surface area contributed by atoms with E-state index in [0.29, 0.717) is 66.6 Å². The monoisotopic (exact) mass is 857 g/mol. The minimum Gasteiger partial charge on any atom is -0.487 e. The normalized spacial score (nSPS) is 42.9. The summed E-state index contributed by atoms with van der Waals surface area (Å²) in [5.74, 6) is -0.520. The van der Waals surface area contributed by atoms with E-state index in [1.807, 2.05) is 13.8 Å². The van der Waals surface area contributed by atoms with Crippen LogP contribution in [-0.2, 0) is 23.9 Å². The van der Waals surface area contributed by atoms with E-state index >= 15 is 0 Å². The standard InChI is InChI=1S/C51H68ClNO8/c1-29(2)40-36(54)27-50(22-23-53-42(55)32-10-9-30(52)25-37(32)60-31-14-24-59-28-31)19-16-46(5)33(41(40)50)11-12-38-47(46,6)17-20-51-21-18-49(51,8)39(13-15-48(38,51)7)61-44(58)35-26-34(43(56)57)45(35,3)4/h9-10,18,21,25,29,31,33-35,38-39H,11-17,19-20,22-24,26-28H2,1-8H3,(H,53,55)(H,56,57)/t31-,33-,34+,35-,38+,39+,46-,47-,48-,49-,50-,51+/m1/s1. The van der Waals surface area contributed by atoms with Gasteiger partial charge in [-0.1, -0.05) is 84.7 Å². The Labute approximate surface area is 367 Å². The highest BCUT2D eigenvalue weighted by Crippen LogP contribution is 2.82. The molecule has 0 unspecified atom stereocenters. The number of nitrogens with one attached hydrogen (secondary N) is 1. The van der Waals surface area contributed by atoms with Crippen LogP contribution in [-0.4, -0.2) is 60.7 Å². The van der Waals surface area contributed by atoms with Crippen LogP contribution in [0.2, 0.25) is 5.02 Å². The molecule has 9 nitrogen and oxygen atoms in total. The molecule has 1 aliphatic heterocycles. The highest BCUT2D eigenvalue weighted by atomic mass is 35.5. The number of benzene rings is 1. The predicted molar refractivity (Wildman–Crippen MR) is 233 cm³/mol. The van der Waals surface area contributed by atoms with Crippen LogP contribution in [0.3, 0.4) is 0 Å². The van der Waals surface area contributed by atoms with Crippen LogP contribution >= 0.6 is 11.6 Å². The molecule has 0 aromatic heterocycles. The number of halogens is 1. The van der Waals surface area contributed by atoms with Crippen molar-refractivity contribution in [2.75, 3.05) is 19.8 Å². The van der Waals surface area contributed by atoms with Gasteiger partial charge in [0.1, 0.15) is 18.0 Å². The quantitative estimate of drug-likeness (QED) is 0.176. The smallest absolute Gasteiger partial charge is 0.309 e. The summed E-state index contributed by atoms with van der Waals surface area (Å²) in [4.78, 5) is 53.7. The van der Waals surface area contributed by atoms with Crippen molar-refractivity contribution in [3.63, 3.8) is 0 Å². The summed E-state index contributed by atoms with van der Waals surface area (Å²) >= 11 is 6.35. The molecular formula is C51H68ClNO8. The molecule has 5 saturated carbocycles. The topological polar surface area (TPSA) is 128 Å². The molecule has 7 aliphatic carbocycles. The number of carbonyl (C=O) groups excluding carboxylic acids is 3. The third-order valence-electron chi connectivity index (χ3n) is 19.8. The average molecular weight is 859 g/mol. The molecule has 0 bridgehead atoms. The largest absolute Gasteiger partial charge is 0.487 e. The van der Waals surface area contributed by atoms with E-state index in [9.17, 15) is 24.3 Å². The summed E-state index contributed by atoms with van der Waals surface area (Å²) in [7, 11) is 0. The summed E-state index contributed by atoms with van der Waals surface area (Å²) in [5.41, 5.74) is 1.71. The first-order valence-corrected chi connectivity index (χ1v) is 23.8. The Balaban J connectivity index is 0.948. The van der Waals surface area contributed by atoms with Crippen LogP contribution in [0.4, 0.5) is 0 Å². The number of Topliss-reactive ketones (excluding diaryl/α,β-unsaturated/α-hetero) is 1. The first kappa shape index (κ1) is 43.1. The fourth-order valence-electron chi connectivity index (χ4n) is 15.9. The van der Waals surface area contributed by atoms with E-state index in [0.717, 1.165) is 69.8 Å². The van der Waals surface area contributed by atoms with Gasteiger partial charge < -0.3 is 24.6 Å². The van der Waals surface area contributed by atoms with E-state index in [2.05, 4.69) is 59.0 Å². The molecule has 332 valence electrons. The molecule has 12 atom stereocenters. The molecule has 2 N–H and O–H groups in total. The number of carbonyl (C=O) groups is 4. The van der Waals surface area contributed by atoms with Crippen molar-refractivity contribution in [2.24, 2.45) is 67.5 Å². The van der Waals surface area contributed by atoms with E-state index < -0.39 is 23.2 Å². The molecule has 1 aromatic carbocycles. The zero-order valence-electron chi connectivity index (χ0n) is 37.7. The molecular weight excluding hydrogens is 790 g/mol. The first-order chi connectivity index (χ1) is 28.7. The van der Waals surface area contributed by atoms with Crippen molar-refractivity contribution in [1.29, 1.82) is 0 Å². The number of hydrogen-bond acceptors (Lipinski definition) is 7. The van der Waals surface area contributed by atoms with Crippen molar-refractivity contribution in [3.05, 3.63) is 52.1 Å². The van der Waals surface area contributed by atoms with Crippen LogP contribution < -0.4 is 10.1 Å². The van der Waals surface area contributed by atoms with Crippen molar-refractivity contribution in [2.45, 2.75) is 145 Å². The van der Waals surface area contributed by atoms with Gasteiger partial charge in [0.2, 0.25) is 0 Å². The van der Waals surface area contributed by atoms with Crippen molar-refractivity contribution < 1.29 is 38.5 Å². The zero-order chi connectivity index (χ0) is 43.7. The van der Waals surface area contributed by atoms with Gasteiger partial charge in [-0.15, -0.1) is 0 Å². The van der Waals surface area contributed by atoms with Gasteiger partial charge in [-0.05, 0) is 127 Å². The van der Waals surface area contributed by atoms with Crippen molar-refractivity contribution in [1.82, 2.24) is 5.32 Å². The lowest BCUT2D eigenvalue weighted by Gasteiger charge is -2.77. The molecule has 6 fully saturated rings. The number of amides is 1. The van der Waals surface area contributed by atoms with Gasteiger partial charge >= 0.3 is 11.9 Å². The lowest BCUT2D eigenvalue weighted by molar-refractivity contribution is -0.265. The van der Waals surface area contributed by atoms with Gasteiger partial charge in [-0.25, -0.2) is 0 Å².